The molecule has 1 aliphatic heterocycles. The van der Waals surface area contributed by atoms with Crippen LogP contribution in [0.15, 0.2) is 103 Å². The van der Waals surface area contributed by atoms with E-state index in [4.69, 9.17) is 23.7 Å². The molecule has 12 nitrogen and oxygen atoms in total. The Kier molecular flexibility index (Phi) is 18.7. The van der Waals surface area contributed by atoms with Gasteiger partial charge in [-0.3, -0.25) is 4.79 Å². The number of amides is 1. The van der Waals surface area contributed by atoms with E-state index in [1.807, 2.05) is 13.0 Å². The van der Waals surface area contributed by atoms with Crippen LogP contribution < -0.4 is 5.32 Å². The number of hydrogen-bond acceptors (Lipinski definition) is 11. The minimum Gasteiger partial charge on any atom is -0.452 e. The van der Waals surface area contributed by atoms with E-state index in [0.717, 1.165) is 38.5 Å². The minimum atomic E-state index is -1.63. The van der Waals surface area contributed by atoms with Gasteiger partial charge in [0, 0.05) is 6.42 Å². The molecule has 4 rings (SSSR count). The van der Waals surface area contributed by atoms with E-state index in [-0.39, 0.29) is 30.1 Å². The summed E-state index contributed by atoms with van der Waals surface area (Å²) >= 11 is 0. The Hall–Kier alpha value is -4.88. The van der Waals surface area contributed by atoms with Crippen molar-refractivity contribution in [2.24, 2.45) is 0 Å². The molecular formula is C44H55NO11. The molecule has 7 atom stereocenters. The fraction of sp³-hybridized carbons (Fsp3) is 0.455. The number of benzene rings is 3. The smallest absolute Gasteiger partial charge is 0.338 e. The predicted octanol–water partition coefficient (Wildman–Crippen LogP) is 6.35. The molecule has 1 saturated heterocycles. The zero-order valence-corrected chi connectivity index (χ0v) is 32.2. The first-order chi connectivity index (χ1) is 27.2. The SMILES string of the molecule is CCCCCC/C=C/C(OC(=O)c1ccccc1)C(CO[C@H]1O[C@H](CO)[C@H](O)[C@H](OC(=O)c2ccccc2)[C@H]1OC(=O)c1ccccc1)NC(=O)CCCCC. The molecule has 0 aliphatic carbocycles. The van der Waals surface area contributed by atoms with E-state index in [1.165, 1.54) is 24.3 Å². The summed E-state index contributed by atoms with van der Waals surface area (Å²) in [6.45, 7) is 3.12. The van der Waals surface area contributed by atoms with Crippen molar-refractivity contribution in [1.82, 2.24) is 5.32 Å². The van der Waals surface area contributed by atoms with Crippen molar-refractivity contribution in [3.63, 3.8) is 0 Å². The van der Waals surface area contributed by atoms with Gasteiger partial charge in [-0.15, -0.1) is 0 Å². The molecule has 0 saturated carbocycles. The van der Waals surface area contributed by atoms with Crippen molar-refractivity contribution in [2.45, 2.75) is 114 Å². The zero-order valence-electron chi connectivity index (χ0n) is 32.2. The first kappa shape index (κ1) is 43.8. The average Bonchev–Trinajstić information content (AvgIpc) is 3.23. The maximum absolute atomic E-state index is 13.5. The normalized spacial score (nSPS) is 20.5. The highest BCUT2D eigenvalue weighted by Gasteiger charge is 2.51. The Bertz CT molecular complexity index is 1650. The van der Waals surface area contributed by atoms with Crippen molar-refractivity contribution in [3.8, 4) is 0 Å². The highest BCUT2D eigenvalue weighted by Crippen LogP contribution is 2.29. The molecular weight excluding hydrogens is 718 g/mol. The number of nitrogens with one attached hydrogen (secondary N) is 1. The van der Waals surface area contributed by atoms with Crippen molar-refractivity contribution in [3.05, 3.63) is 120 Å². The van der Waals surface area contributed by atoms with Crippen LogP contribution in [0.4, 0.5) is 0 Å². The van der Waals surface area contributed by atoms with Crippen LogP contribution in [-0.4, -0.2) is 90.1 Å². The number of aliphatic hydroxyl groups excluding tert-OH is 2. The molecule has 0 spiro atoms. The first-order valence-corrected chi connectivity index (χ1v) is 19.6. The van der Waals surface area contributed by atoms with Gasteiger partial charge in [0.1, 0.15) is 18.3 Å². The Morgan fingerprint density at radius 2 is 1.27 bits per heavy atom. The van der Waals surface area contributed by atoms with Crippen LogP contribution in [-0.2, 0) is 28.5 Å². The molecule has 0 bridgehead atoms. The maximum atomic E-state index is 13.5. The highest BCUT2D eigenvalue weighted by molar-refractivity contribution is 5.91. The molecule has 3 aromatic rings. The molecule has 1 aliphatic rings. The molecule has 3 N–H and O–H groups in total. The Morgan fingerprint density at radius 1 is 0.732 bits per heavy atom. The van der Waals surface area contributed by atoms with Crippen molar-refractivity contribution >= 4 is 23.8 Å². The molecule has 1 amide bonds. The van der Waals surface area contributed by atoms with Crippen LogP contribution in [0.2, 0.25) is 0 Å². The van der Waals surface area contributed by atoms with Gasteiger partial charge in [0.2, 0.25) is 5.91 Å². The fourth-order valence-electron chi connectivity index (χ4n) is 6.14. The van der Waals surface area contributed by atoms with E-state index in [2.05, 4.69) is 12.2 Å². The van der Waals surface area contributed by atoms with E-state index >= 15 is 0 Å². The van der Waals surface area contributed by atoms with Crippen molar-refractivity contribution in [1.29, 1.82) is 0 Å². The number of allylic oxidation sites excluding steroid dienone is 1. The monoisotopic (exact) mass is 773 g/mol. The lowest BCUT2D eigenvalue weighted by Crippen LogP contribution is -2.62. The van der Waals surface area contributed by atoms with Gasteiger partial charge in [0.25, 0.3) is 0 Å². The molecule has 0 radical (unpaired) electrons. The van der Waals surface area contributed by atoms with E-state index in [1.54, 1.807) is 72.8 Å². The number of ether oxygens (including phenoxy) is 5. The summed E-state index contributed by atoms with van der Waals surface area (Å²) < 4.78 is 30.0. The Morgan fingerprint density at radius 3 is 1.82 bits per heavy atom. The molecule has 2 unspecified atom stereocenters. The Balaban J connectivity index is 1.67. The number of carbonyl (C=O) groups is 4. The van der Waals surface area contributed by atoms with Gasteiger partial charge in [0.15, 0.2) is 18.5 Å². The third kappa shape index (κ3) is 13.7. The van der Waals surface area contributed by atoms with Crippen LogP contribution in [0, 0.1) is 0 Å². The minimum absolute atomic E-state index is 0.173. The van der Waals surface area contributed by atoms with Gasteiger partial charge in [-0.1, -0.05) is 107 Å². The molecule has 302 valence electrons. The number of esters is 3. The largest absolute Gasteiger partial charge is 0.452 e. The highest BCUT2D eigenvalue weighted by atomic mass is 16.7. The van der Waals surface area contributed by atoms with Crippen LogP contribution in [0.1, 0.15) is 103 Å². The summed E-state index contributed by atoms with van der Waals surface area (Å²) in [6.07, 6.45) is 2.50. The Labute approximate surface area is 329 Å². The van der Waals surface area contributed by atoms with Gasteiger partial charge in [-0.25, -0.2) is 14.4 Å². The second kappa shape index (κ2) is 23.9. The second-order valence-electron chi connectivity index (χ2n) is 13.7. The molecule has 56 heavy (non-hydrogen) atoms. The summed E-state index contributed by atoms with van der Waals surface area (Å²) in [4.78, 5) is 53.6. The first-order valence-electron chi connectivity index (χ1n) is 19.6. The van der Waals surface area contributed by atoms with E-state index < -0.39 is 67.4 Å². The van der Waals surface area contributed by atoms with Gasteiger partial charge in [0.05, 0.1) is 35.9 Å². The number of unbranched alkanes of at least 4 members (excludes halogenated alkanes) is 6. The topological polar surface area (TPSA) is 167 Å². The lowest BCUT2D eigenvalue weighted by molar-refractivity contribution is -0.300. The lowest BCUT2D eigenvalue weighted by atomic mass is 9.98. The van der Waals surface area contributed by atoms with Crippen LogP contribution in [0.3, 0.4) is 0 Å². The second-order valence-corrected chi connectivity index (χ2v) is 13.7. The van der Waals surface area contributed by atoms with Gasteiger partial charge in [-0.2, -0.15) is 0 Å². The summed E-state index contributed by atoms with van der Waals surface area (Å²) in [7, 11) is 0. The van der Waals surface area contributed by atoms with E-state index in [9.17, 15) is 29.4 Å². The number of hydrogen-bond donors (Lipinski definition) is 3. The van der Waals surface area contributed by atoms with Crippen LogP contribution >= 0.6 is 0 Å². The molecule has 0 aromatic heterocycles. The van der Waals surface area contributed by atoms with Gasteiger partial charge in [-0.05, 0) is 61.7 Å². The molecule has 3 aromatic carbocycles. The summed E-state index contributed by atoms with van der Waals surface area (Å²) in [5, 5.41) is 24.6. The van der Waals surface area contributed by atoms with Crippen LogP contribution in [0.25, 0.3) is 0 Å². The molecule has 1 heterocycles. The zero-order chi connectivity index (χ0) is 40.1. The quantitative estimate of drug-likeness (QED) is 0.0451. The third-order valence-corrected chi connectivity index (χ3v) is 9.30. The molecule has 12 heteroatoms. The van der Waals surface area contributed by atoms with Crippen molar-refractivity contribution < 1.29 is 53.1 Å². The average molecular weight is 774 g/mol. The lowest BCUT2D eigenvalue weighted by Gasteiger charge is -2.43. The number of rotatable bonds is 22. The standard InChI is InChI=1S/C44H55NO11/c1-3-5-7-8-9-20-27-35(53-41(49)31-21-14-10-15-22-31)34(45-37(47)28-13-6-4-2)30-52-44-40(56-43(51)33-25-18-12-19-26-33)39(38(48)36(29-46)54-44)55-42(50)32-23-16-11-17-24-32/h10-12,14-27,34-36,38-40,44,46,48H,3-9,13,28-30H2,1-2H3,(H,45,47)/b27-20+/t34?,35?,36-,38+,39+,40-,44+/m1/s1. The summed E-state index contributed by atoms with van der Waals surface area (Å²) in [6, 6.07) is 23.6. The third-order valence-electron chi connectivity index (χ3n) is 9.30. The van der Waals surface area contributed by atoms with Crippen LogP contribution in [0.5, 0.6) is 0 Å². The summed E-state index contributed by atoms with van der Waals surface area (Å²) in [5.41, 5.74) is 0.661. The summed E-state index contributed by atoms with van der Waals surface area (Å²) in [5.74, 6) is -2.54. The maximum Gasteiger partial charge on any atom is 0.338 e. The number of carbonyl (C=O) groups excluding carboxylic acids is 4. The predicted molar refractivity (Wildman–Crippen MR) is 209 cm³/mol. The number of aliphatic hydroxyl groups is 2. The molecule has 1 fully saturated rings. The van der Waals surface area contributed by atoms with Gasteiger partial charge < -0.3 is 39.2 Å². The van der Waals surface area contributed by atoms with Gasteiger partial charge >= 0.3 is 17.9 Å². The fourth-order valence-corrected chi connectivity index (χ4v) is 6.14. The van der Waals surface area contributed by atoms with Crippen molar-refractivity contribution in [2.75, 3.05) is 13.2 Å². The van der Waals surface area contributed by atoms with E-state index in [0.29, 0.717) is 18.4 Å².